The molecule has 1 amide bonds. The number of ether oxygens (including phenoxy) is 2. The maximum Gasteiger partial charge on any atom is 0.334 e. The number of rotatable bonds is 2. The van der Waals surface area contributed by atoms with Gasteiger partial charge in [0.15, 0.2) is 6.10 Å². The van der Waals surface area contributed by atoms with Gasteiger partial charge in [0.2, 0.25) is 0 Å². The first kappa shape index (κ1) is 13.1. The molecule has 1 unspecified atom stereocenters. The first-order chi connectivity index (χ1) is 9.65. The third-order valence-corrected chi connectivity index (χ3v) is 3.60. The van der Waals surface area contributed by atoms with E-state index in [1.165, 1.54) is 4.90 Å². The highest BCUT2D eigenvalue weighted by Gasteiger charge is 2.29. The molecule has 1 aromatic carbocycles. The van der Waals surface area contributed by atoms with Gasteiger partial charge in [-0.2, -0.15) is 0 Å². The van der Waals surface area contributed by atoms with Crippen LogP contribution in [0.4, 0.5) is 0 Å². The lowest BCUT2D eigenvalue weighted by atomic mass is 10.1. The zero-order valence-electron chi connectivity index (χ0n) is 10.9. The van der Waals surface area contributed by atoms with Gasteiger partial charge in [-0.1, -0.05) is 6.07 Å². The maximum absolute atomic E-state index is 12.4. The highest BCUT2D eigenvalue weighted by atomic mass is 16.5. The number of carbonyl (C=O) groups is 2. The van der Waals surface area contributed by atoms with E-state index in [0.29, 0.717) is 25.3 Å². The first-order valence-corrected chi connectivity index (χ1v) is 6.48. The molecular formula is C14H15NO5. The van der Waals surface area contributed by atoms with Crippen LogP contribution in [-0.2, 0) is 27.5 Å². The molecule has 3 rings (SSSR count). The summed E-state index contributed by atoms with van der Waals surface area (Å²) in [5.41, 5.74) is 2.70. The number of aliphatic carboxylic acids is 1. The van der Waals surface area contributed by atoms with Crippen molar-refractivity contribution < 1.29 is 24.2 Å². The first-order valence-electron chi connectivity index (χ1n) is 6.48. The molecule has 6 heteroatoms. The molecule has 2 aliphatic rings. The standard InChI is InChI=1S/C14H15NO5/c16-13(15-3-4-20-12(6-15)14(17)18)9-1-2-10-7-19-8-11(10)5-9/h1-2,5,12H,3-4,6-8H2,(H,17,18). The minimum absolute atomic E-state index is 0.0851. The van der Waals surface area contributed by atoms with Crippen LogP contribution in [0.2, 0.25) is 0 Å². The SMILES string of the molecule is O=C(O)C1CN(C(=O)c2ccc3c(c2)COC3)CCO1. The van der Waals surface area contributed by atoms with Gasteiger partial charge in [-0.3, -0.25) is 4.79 Å². The molecule has 0 spiro atoms. The number of carboxylic acid groups (broad SMARTS) is 1. The number of benzene rings is 1. The number of morpholine rings is 1. The van der Waals surface area contributed by atoms with Crippen LogP contribution in [0.5, 0.6) is 0 Å². The minimum atomic E-state index is -1.04. The second kappa shape index (κ2) is 5.22. The number of carbonyl (C=O) groups excluding carboxylic acids is 1. The van der Waals surface area contributed by atoms with E-state index in [1.807, 2.05) is 12.1 Å². The van der Waals surface area contributed by atoms with Gasteiger partial charge in [-0.25, -0.2) is 4.79 Å². The van der Waals surface area contributed by atoms with Crippen LogP contribution in [0.15, 0.2) is 18.2 Å². The van der Waals surface area contributed by atoms with Crippen molar-refractivity contribution in [1.29, 1.82) is 0 Å². The van der Waals surface area contributed by atoms with Crippen molar-refractivity contribution in [1.82, 2.24) is 4.90 Å². The van der Waals surface area contributed by atoms with Crippen LogP contribution < -0.4 is 0 Å². The number of fused-ring (bicyclic) bond motifs is 1. The normalized spacial score (nSPS) is 21.6. The van der Waals surface area contributed by atoms with Gasteiger partial charge < -0.3 is 19.5 Å². The number of hydrogen-bond acceptors (Lipinski definition) is 4. The third kappa shape index (κ3) is 2.39. The lowest BCUT2D eigenvalue weighted by molar-refractivity contribution is -0.154. The lowest BCUT2D eigenvalue weighted by Gasteiger charge is -2.31. The van der Waals surface area contributed by atoms with Crippen molar-refractivity contribution in [2.75, 3.05) is 19.7 Å². The summed E-state index contributed by atoms with van der Waals surface area (Å²) in [5, 5.41) is 8.96. The molecule has 0 bridgehead atoms. The molecule has 20 heavy (non-hydrogen) atoms. The van der Waals surface area contributed by atoms with Gasteiger partial charge in [-0.15, -0.1) is 0 Å². The van der Waals surface area contributed by atoms with E-state index in [1.54, 1.807) is 6.07 Å². The molecule has 0 radical (unpaired) electrons. The molecule has 106 valence electrons. The Morgan fingerprint density at radius 1 is 1.25 bits per heavy atom. The Morgan fingerprint density at radius 3 is 2.85 bits per heavy atom. The van der Waals surface area contributed by atoms with Crippen molar-refractivity contribution in [3.63, 3.8) is 0 Å². The Kier molecular flexibility index (Phi) is 3.42. The quantitative estimate of drug-likeness (QED) is 0.858. The van der Waals surface area contributed by atoms with Crippen molar-refractivity contribution >= 4 is 11.9 Å². The summed E-state index contributed by atoms with van der Waals surface area (Å²) in [6, 6.07) is 5.49. The Balaban J connectivity index is 1.76. The van der Waals surface area contributed by atoms with E-state index in [9.17, 15) is 9.59 Å². The van der Waals surface area contributed by atoms with Crippen LogP contribution >= 0.6 is 0 Å². The molecule has 6 nitrogen and oxygen atoms in total. The van der Waals surface area contributed by atoms with Crippen LogP contribution in [0.25, 0.3) is 0 Å². The molecular weight excluding hydrogens is 262 g/mol. The molecule has 0 aliphatic carbocycles. The molecule has 2 heterocycles. The molecule has 0 aromatic heterocycles. The van der Waals surface area contributed by atoms with Crippen molar-refractivity contribution in [3.8, 4) is 0 Å². The summed E-state index contributed by atoms with van der Waals surface area (Å²) in [7, 11) is 0. The van der Waals surface area contributed by atoms with Gasteiger partial charge in [0.1, 0.15) is 0 Å². The Labute approximate surface area is 115 Å². The molecule has 1 atom stereocenters. The smallest absolute Gasteiger partial charge is 0.334 e. The molecule has 0 saturated carbocycles. The summed E-state index contributed by atoms with van der Waals surface area (Å²) in [4.78, 5) is 24.9. The van der Waals surface area contributed by atoms with Crippen LogP contribution in [0.1, 0.15) is 21.5 Å². The summed E-state index contributed by atoms with van der Waals surface area (Å²) < 4.78 is 10.4. The van der Waals surface area contributed by atoms with Gasteiger partial charge in [0.05, 0.1) is 26.4 Å². The van der Waals surface area contributed by atoms with E-state index >= 15 is 0 Å². The average Bonchev–Trinajstić information content (AvgIpc) is 2.94. The predicted molar refractivity (Wildman–Crippen MR) is 68.2 cm³/mol. The molecule has 1 N–H and O–H groups in total. The van der Waals surface area contributed by atoms with Crippen LogP contribution in [0.3, 0.4) is 0 Å². The van der Waals surface area contributed by atoms with E-state index in [0.717, 1.165) is 11.1 Å². The van der Waals surface area contributed by atoms with Crippen molar-refractivity contribution in [2.45, 2.75) is 19.3 Å². The average molecular weight is 277 g/mol. The summed E-state index contributed by atoms with van der Waals surface area (Å²) in [6.45, 7) is 1.86. The molecule has 1 fully saturated rings. The largest absolute Gasteiger partial charge is 0.479 e. The van der Waals surface area contributed by atoms with Gasteiger partial charge in [0.25, 0.3) is 5.91 Å². The molecule has 2 aliphatic heterocycles. The van der Waals surface area contributed by atoms with E-state index in [-0.39, 0.29) is 19.1 Å². The third-order valence-electron chi connectivity index (χ3n) is 3.60. The summed E-state index contributed by atoms with van der Waals surface area (Å²) in [6.07, 6.45) is -0.939. The fourth-order valence-electron chi connectivity index (χ4n) is 2.47. The van der Waals surface area contributed by atoms with Crippen molar-refractivity contribution in [3.05, 3.63) is 34.9 Å². The summed E-state index contributed by atoms with van der Waals surface area (Å²) in [5.74, 6) is -1.20. The van der Waals surface area contributed by atoms with E-state index < -0.39 is 12.1 Å². The zero-order valence-corrected chi connectivity index (χ0v) is 10.9. The Bertz CT molecular complexity index is 556. The second-order valence-electron chi connectivity index (χ2n) is 4.93. The fourth-order valence-corrected chi connectivity index (χ4v) is 2.47. The second-order valence-corrected chi connectivity index (χ2v) is 4.93. The predicted octanol–water partition coefficient (Wildman–Crippen LogP) is 0.642. The van der Waals surface area contributed by atoms with E-state index in [2.05, 4.69) is 0 Å². The molecule has 1 aromatic rings. The van der Waals surface area contributed by atoms with Gasteiger partial charge >= 0.3 is 5.97 Å². The zero-order chi connectivity index (χ0) is 14.1. The van der Waals surface area contributed by atoms with Crippen molar-refractivity contribution in [2.24, 2.45) is 0 Å². The summed E-state index contributed by atoms with van der Waals surface area (Å²) >= 11 is 0. The molecule has 1 saturated heterocycles. The maximum atomic E-state index is 12.4. The number of amides is 1. The Morgan fingerprint density at radius 2 is 2.05 bits per heavy atom. The van der Waals surface area contributed by atoms with Gasteiger partial charge in [-0.05, 0) is 23.3 Å². The number of carboxylic acids is 1. The highest BCUT2D eigenvalue weighted by molar-refractivity contribution is 5.95. The highest BCUT2D eigenvalue weighted by Crippen LogP contribution is 2.22. The number of nitrogens with zero attached hydrogens (tertiary/aromatic N) is 1. The Hall–Kier alpha value is -1.92. The monoisotopic (exact) mass is 277 g/mol. The van der Waals surface area contributed by atoms with Crippen LogP contribution in [0, 0.1) is 0 Å². The fraction of sp³-hybridized carbons (Fsp3) is 0.429. The topological polar surface area (TPSA) is 76.1 Å². The van der Waals surface area contributed by atoms with Gasteiger partial charge in [0, 0.05) is 12.1 Å². The van der Waals surface area contributed by atoms with Crippen LogP contribution in [-0.4, -0.2) is 47.7 Å². The van der Waals surface area contributed by atoms with E-state index in [4.69, 9.17) is 14.6 Å². The lowest BCUT2D eigenvalue weighted by Crippen LogP contribution is -2.48. The number of hydrogen-bond donors (Lipinski definition) is 1. The minimum Gasteiger partial charge on any atom is -0.479 e.